The third kappa shape index (κ3) is 4.29. The minimum atomic E-state index is -0.361. The van der Waals surface area contributed by atoms with Crippen LogP contribution in [-0.2, 0) is 0 Å². The summed E-state index contributed by atoms with van der Waals surface area (Å²) in [5.41, 5.74) is 2.51. The van der Waals surface area contributed by atoms with Gasteiger partial charge in [-0.2, -0.15) is 8.78 Å². The smallest absolute Gasteiger partial charge is 0.212 e. The van der Waals surface area contributed by atoms with E-state index in [4.69, 9.17) is 0 Å². The second-order valence-electron chi connectivity index (χ2n) is 10.1. The molecule has 0 amide bonds. The van der Waals surface area contributed by atoms with Gasteiger partial charge >= 0.3 is 0 Å². The second kappa shape index (κ2) is 8.72. The Morgan fingerprint density at radius 1 is 0.600 bits per heavy atom. The summed E-state index contributed by atoms with van der Waals surface area (Å²) in [4.78, 5) is 7.54. The molecule has 4 heteroatoms. The van der Waals surface area contributed by atoms with E-state index in [0.717, 1.165) is 23.7 Å². The molecule has 6 rings (SSSR count). The molecule has 4 aliphatic rings. The highest BCUT2D eigenvalue weighted by atomic mass is 19.1. The van der Waals surface area contributed by atoms with Gasteiger partial charge < -0.3 is 0 Å². The quantitative estimate of drug-likeness (QED) is 0.497. The van der Waals surface area contributed by atoms with Gasteiger partial charge in [-0.05, 0) is 97.3 Å². The normalized spacial score (nSPS) is 34.3. The zero-order valence-electron chi connectivity index (χ0n) is 17.6. The van der Waals surface area contributed by atoms with Crippen LogP contribution in [0.1, 0.15) is 87.2 Å². The molecule has 6 atom stereocenters. The van der Waals surface area contributed by atoms with Crippen LogP contribution in [0.15, 0.2) is 36.7 Å². The molecule has 6 unspecified atom stereocenters. The highest BCUT2D eigenvalue weighted by Gasteiger charge is 2.38. The van der Waals surface area contributed by atoms with E-state index in [9.17, 15) is 8.78 Å². The third-order valence-electron chi connectivity index (χ3n) is 8.32. The minimum Gasteiger partial charge on any atom is -0.228 e. The van der Waals surface area contributed by atoms with Gasteiger partial charge in [0.2, 0.25) is 11.9 Å². The minimum absolute atomic E-state index is 0.361. The molecule has 2 aromatic heterocycles. The second-order valence-corrected chi connectivity index (χ2v) is 10.1. The molecule has 2 nitrogen and oxygen atoms in total. The molecule has 4 aliphatic carbocycles. The number of aromatic nitrogens is 2. The van der Waals surface area contributed by atoms with Gasteiger partial charge in [-0.1, -0.05) is 37.8 Å². The fourth-order valence-electron chi connectivity index (χ4n) is 6.96. The number of pyridine rings is 2. The first kappa shape index (κ1) is 20.1. The van der Waals surface area contributed by atoms with Crippen molar-refractivity contribution in [3.05, 3.63) is 59.7 Å². The summed E-state index contributed by atoms with van der Waals surface area (Å²) in [6.45, 7) is 0. The first-order valence-electron chi connectivity index (χ1n) is 11.9. The van der Waals surface area contributed by atoms with E-state index in [2.05, 4.69) is 9.97 Å². The number of halogens is 2. The van der Waals surface area contributed by atoms with Crippen molar-refractivity contribution in [1.82, 2.24) is 9.97 Å². The fourth-order valence-corrected chi connectivity index (χ4v) is 6.96. The third-order valence-corrected chi connectivity index (χ3v) is 8.32. The lowest BCUT2D eigenvalue weighted by molar-refractivity contribution is 0.350. The summed E-state index contributed by atoms with van der Waals surface area (Å²) in [5.74, 6) is 4.14. The van der Waals surface area contributed by atoms with Gasteiger partial charge in [-0.25, -0.2) is 9.97 Å². The standard InChI is InChI=1S/2C13H16FN/c2*14-13-5-4-11(8-15-13)12-7-9-2-1-3-10(12)6-9/h2*4-5,8-10,12H,1-3,6-7H2. The molecule has 0 radical (unpaired) electrons. The first-order chi connectivity index (χ1) is 14.7. The monoisotopic (exact) mass is 410 g/mol. The Morgan fingerprint density at radius 3 is 1.43 bits per heavy atom. The molecular formula is C26H32F2N2. The van der Waals surface area contributed by atoms with Crippen LogP contribution in [0.2, 0.25) is 0 Å². The summed E-state index contributed by atoms with van der Waals surface area (Å²) in [5, 5.41) is 0. The summed E-state index contributed by atoms with van der Waals surface area (Å²) < 4.78 is 25.5. The molecule has 0 aliphatic heterocycles. The predicted molar refractivity (Wildman–Crippen MR) is 114 cm³/mol. The average Bonchev–Trinajstić information content (AvgIpc) is 3.23. The van der Waals surface area contributed by atoms with E-state index in [1.807, 2.05) is 12.1 Å². The Bertz CT molecular complexity index is 764. The summed E-state index contributed by atoms with van der Waals surface area (Å²) in [6.07, 6.45) is 17.2. The van der Waals surface area contributed by atoms with Crippen molar-refractivity contribution < 1.29 is 8.78 Å². The Morgan fingerprint density at radius 2 is 1.07 bits per heavy atom. The van der Waals surface area contributed by atoms with Crippen molar-refractivity contribution >= 4 is 0 Å². The van der Waals surface area contributed by atoms with Crippen LogP contribution in [0.4, 0.5) is 8.78 Å². The van der Waals surface area contributed by atoms with Gasteiger partial charge in [-0.3, -0.25) is 0 Å². The van der Waals surface area contributed by atoms with Crippen molar-refractivity contribution in [3.63, 3.8) is 0 Å². The Balaban J connectivity index is 0.000000128. The molecule has 4 fully saturated rings. The van der Waals surface area contributed by atoms with E-state index < -0.39 is 0 Å². The van der Waals surface area contributed by atoms with Crippen LogP contribution >= 0.6 is 0 Å². The summed E-state index contributed by atoms with van der Waals surface area (Å²) in [7, 11) is 0. The molecule has 30 heavy (non-hydrogen) atoms. The largest absolute Gasteiger partial charge is 0.228 e. The predicted octanol–water partition coefficient (Wildman–Crippen LogP) is 7.03. The summed E-state index contributed by atoms with van der Waals surface area (Å²) >= 11 is 0. The molecule has 160 valence electrons. The molecule has 0 N–H and O–H groups in total. The van der Waals surface area contributed by atoms with Gasteiger partial charge in [0, 0.05) is 12.4 Å². The van der Waals surface area contributed by atoms with E-state index in [0.29, 0.717) is 11.8 Å². The van der Waals surface area contributed by atoms with Crippen LogP contribution in [0.25, 0.3) is 0 Å². The highest BCUT2D eigenvalue weighted by Crippen LogP contribution is 2.51. The molecule has 4 bridgehead atoms. The summed E-state index contributed by atoms with van der Waals surface area (Å²) in [6, 6.07) is 6.84. The number of hydrogen-bond donors (Lipinski definition) is 0. The number of rotatable bonds is 2. The molecule has 4 saturated carbocycles. The van der Waals surface area contributed by atoms with Crippen LogP contribution in [0.3, 0.4) is 0 Å². The highest BCUT2D eigenvalue weighted by molar-refractivity contribution is 5.20. The van der Waals surface area contributed by atoms with E-state index in [1.165, 1.54) is 87.5 Å². The number of fused-ring (bicyclic) bond motifs is 4. The topological polar surface area (TPSA) is 25.8 Å². The van der Waals surface area contributed by atoms with Crippen LogP contribution in [-0.4, -0.2) is 9.97 Å². The van der Waals surface area contributed by atoms with Crippen LogP contribution in [0.5, 0.6) is 0 Å². The van der Waals surface area contributed by atoms with Crippen molar-refractivity contribution in [3.8, 4) is 0 Å². The van der Waals surface area contributed by atoms with Gasteiger partial charge in [-0.15, -0.1) is 0 Å². The van der Waals surface area contributed by atoms with E-state index in [-0.39, 0.29) is 11.9 Å². The zero-order chi connectivity index (χ0) is 20.5. The van der Waals surface area contributed by atoms with Gasteiger partial charge in [0.05, 0.1) is 0 Å². The SMILES string of the molecule is Fc1ccc(C2CC3CCCC2C3)cn1.Fc1ccc(C2CC3CCCC2C3)cn1. The molecule has 2 heterocycles. The van der Waals surface area contributed by atoms with Gasteiger partial charge in [0.15, 0.2) is 0 Å². The molecule has 0 saturated heterocycles. The lowest BCUT2D eigenvalue weighted by Crippen LogP contribution is -2.08. The lowest BCUT2D eigenvalue weighted by Gasteiger charge is -2.20. The van der Waals surface area contributed by atoms with Crippen molar-refractivity contribution in [2.45, 2.75) is 76.0 Å². The van der Waals surface area contributed by atoms with E-state index in [1.54, 1.807) is 12.4 Å². The Labute approximate surface area is 178 Å². The maximum absolute atomic E-state index is 12.7. The Kier molecular flexibility index (Phi) is 5.84. The Hall–Kier alpha value is -1.84. The molecule has 0 spiro atoms. The van der Waals surface area contributed by atoms with Crippen LogP contribution in [0, 0.1) is 35.6 Å². The van der Waals surface area contributed by atoms with Crippen LogP contribution < -0.4 is 0 Å². The maximum atomic E-state index is 12.7. The maximum Gasteiger partial charge on any atom is 0.212 e. The number of nitrogens with zero attached hydrogens (tertiary/aromatic N) is 2. The number of hydrogen-bond acceptors (Lipinski definition) is 2. The van der Waals surface area contributed by atoms with Crippen molar-refractivity contribution in [2.75, 3.05) is 0 Å². The molecule has 0 aromatic carbocycles. The van der Waals surface area contributed by atoms with E-state index >= 15 is 0 Å². The zero-order valence-corrected chi connectivity index (χ0v) is 17.6. The van der Waals surface area contributed by atoms with Gasteiger partial charge in [0.25, 0.3) is 0 Å². The average molecular weight is 411 g/mol. The fraction of sp³-hybridized carbons (Fsp3) is 0.615. The first-order valence-corrected chi connectivity index (χ1v) is 11.9. The van der Waals surface area contributed by atoms with Crippen molar-refractivity contribution in [2.24, 2.45) is 23.7 Å². The molecular weight excluding hydrogens is 378 g/mol. The lowest BCUT2D eigenvalue weighted by atomic mass is 9.85. The van der Waals surface area contributed by atoms with Crippen molar-refractivity contribution in [1.29, 1.82) is 0 Å². The van der Waals surface area contributed by atoms with Gasteiger partial charge in [0.1, 0.15) is 0 Å². The molecule has 2 aromatic rings.